The molecular weight excluding hydrogens is 274 g/mol. The van der Waals surface area contributed by atoms with E-state index in [1.54, 1.807) is 0 Å². The molecule has 1 aromatic heterocycles. The Labute approximate surface area is 122 Å². The van der Waals surface area contributed by atoms with Crippen LogP contribution in [0.15, 0.2) is 12.3 Å². The zero-order chi connectivity index (χ0) is 14.6. The molecule has 3 fully saturated rings. The highest BCUT2D eigenvalue weighted by molar-refractivity contribution is 5.94. The number of rotatable bonds is 2. The van der Waals surface area contributed by atoms with Crippen LogP contribution in [0.2, 0.25) is 0 Å². The van der Waals surface area contributed by atoms with E-state index in [1.165, 1.54) is 31.7 Å². The molecule has 0 saturated heterocycles. The van der Waals surface area contributed by atoms with Gasteiger partial charge in [-0.3, -0.25) is 4.79 Å². The molecule has 5 heteroatoms. The number of halogens is 2. The molecule has 0 aliphatic heterocycles. The lowest BCUT2D eigenvalue weighted by Gasteiger charge is -2.32. The van der Waals surface area contributed by atoms with Gasteiger partial charge in [-0.25, -0.2) is 9.37 Å². The van der Waals surface area contributed by atoms with Gasteiger partial charge in [0.1, 0.15) is 0 Å². The third kappa shape index (κ3) is 1.97. The van der Waals surface area contributed by atoms with Crippen LogP contribution < -0.4 is 5.32 Å². The van der Waals surface area contributed by atoms with Gasteiger partial charge in [0.2, 0.25) is 5.95 Å². The van der Waals surface area contributed by atoms with Gasteiger partial charge in [0.25, 0.3) is 5.91 Å². The van der Waals surface area contributed by atoms with Crippen molar-refractivity contribution >= 4 is 5.91 Å². The molecule has 3 nitrogen and oxygen atoms in total. The number of nitrogens with zero attached hydrogens (tertiary/aromatic N) is 1. The van der Waals surface area contributed by atoms with E-state index in [-0.39, 0.29) is 11.6 Å². The van der Waals surface area contributed by atoms with Crippen LogP contribution in [0.5, 0.6) is 0 Å². The normalized spacial score (nSPS) is 36.8. The van der Waals surface area contributed by atoms with Gasteiger partial charge in [-0.05, 0) is 55.4 Å². The lowest BCUT2D eigenvalue weighted by molar-refractivity contribution is 0.0895. The minimum absolute atomic E-state index is 0.123. The molecule has 0 aromatic carbocycles. The van der Waals surface area contributed by atoms with Crippen molar-refractivity contribution in [3.05, 3.63) is 29.6 Å². The van der Waals surface area contributed by atoms with E-state index < -0.39 is 17.7 Å². The Balaban J connectivity index is 1.50. The van der Waals surface area contributed by atoms with Crippen molar-refractivity contribution in [3.63, 3.8) is 0 Å². The summed E-state index contributed by atoms with van der Waals surface area (Å²) >= 11 is 0. The fourth-order valence-electron chi connectivity index (χ4n) is 5.07. The number of nitrogens with one attached hydrogen (secondary N) is 1. The molecule has 1 N–H and O–H groups in total. The average Bonchev–Trinajstić information content (AvgIpc) is 3.13. The van der Waals surface area contributed by atoms with Gasteiger partial charge in [0.15, 0.2) is 5.82 Å². The van der Waals surface area contributed by atoms with Crippen LogP contribution in [-0.4, -0.2) is 16.9 Å². The second kappa shape index (κ2) is 4.75. The molecule has 21 heavy (non-hydrogen) atoms. The van der Waals surface area contributed by atoms with E-state index in [0.29, 0.717) is 11.8 Å². The predicted molar refractivity (Wildman–Crippen MR) is 72.5 cm³/mol. The molecule has 1 heterocycles. The van der Waals surface area contributed by atoms with Crippen LogP contribution in [0.4, 0.5) is 8.78 Å². The summed E-state index contributed by atoms with van der Waals surface area (Å²) in [7, 11) is 0. The molecule has 1 aromatic rings. The van der Waals surface area contributed by atoms with Crippen molar-refractivity contribution < 1.29 is 13.6 Å². The van der Waals surface area contributed by atoms with E-state index >= 15 is 0 Å². The molecule has 1 amide bonds. The standard InChI is InChI=1S/C16H18F2N2O/c17-14-11(4-5-19-15(14)18)16(21)20-13-7-8-6-12(13)10-3-1-2-9(8)10/h4-5,8-10,12-13H,1-3,6-7H2,(H,20,21). The summed E-state index contributed by atoms with van der Waals surface area (Å²) in [6.07, 6.45) is 7.20. The Bertz CT molecular complexity index is 592. The van der Waals surface area contributed by atoms with Crippen LogP contribution >= 0.6 is 0 Å². The molecule has 3 saturated carbocycles. The maximum Gasteiger partial charge on any atom is 0.254 e. The van der Waals surface area contributed by atoms with Crippen molar-refractivity contribution in [2.24, 2.45) is 23.7 Å². The largest absolute Gasteiger partial charge is 0.349 e. The fourth-order valence-corrected chi connectivity index (χ4v) is 5.07. The third-order valence-corrected chi connectivity index (χ3v) is 5.84. The first-order chi connectivity index (χ1) is 10.1. The number of carbonyl (C=O) groups is 1. The van der Waals surface area contributed by atoms with Crippen molar-refractivity contribution in [1.29, 1.82) is 0 Å². The number of carbonyl (C=O) groups excluding carboxylic acids is 1. The smallest absolute Gasteiger partial charge is 0.254 e. The van der Waals surface area contributed by atoms with Gasteiger partial charge in [-0.15, -0.1) is 0 Å². The Hall–Kier alpha value is -1.52. The first-order valence-corrected chi connectivity index (χ1v) is 7.76. The van der Waals surface area contributed by atoms with Crippen molar-refractivity contribution in [1.82, 2.24) is 10.3 Å². The minimum atomic E-state index is -1.22. The number of aromatic nitrogens is 1. The predicted octanol–water partition coefficient (Wildman–Crippen LogP) is 2.91. The van der Waals surface area contributed by atoms with E-state index in [0.717, 1.165) is 24.5 Å². The minimum Gasteiger partial charge on any atom is -0.349 e. The Morgan fingerprint density at radius 3 is 2.86 bits per heavy atom. The van der Waals surface area contributed by atoms with Crippen molar-refractivity contribution in [3.8, 4) is 0 Å². The second-order valence-electron chi connectivity index (χ2n) is 6.70. The van der Waals surface area contributed by atoms with Crippen LogP contribution in [0, 0.1) is 35.4 Å². The van der Waals surface area contributed by atoms with Gasteiger partial charge in [-0.2, -0.15) is 4.39 Å². The SMILES string of the molecule is O=C(NC1CC2CC1C1CCCC21)c1ccnc(F)c1F. The Morgan fingerprint density at radius 2 is 2.00 bits per heavy atom. The Morgan fingerprint density at radius 1 is 1.19 bits per heavy atom. The summed E-state index contributed by atoms with van der Waals surface area (Å²) in [5.74, 6) is -0.0661. The van der Waals surface area contributed by atoms with E-state index in [4.69, 9.17) is 0 Å². The molecule has 3 aliphatic carbocycles. The summed E-state index contributed by atoms with van der Waals surface area (Å²) in [5, 5.41) is 2.93. The summed E-state index contributed by atoms with van der Waals surface area (Å²) in [4.78, 5) is 15.4. The molecule has 112 valence electrons. The maximum absolute atomic E-state index is 13.6. The van der Waals surface area contributed by atoms with Gasteiger partial charge < -0.3 is 5.32 Å². The quantitative estimate of drug-likeness (QED) is 0.852. The molecular formula is C16H18F2N2O. The second-order valence-corrected chi connectivity index (χ2v) is 6.70. The molecule has 5 unspecified atom stereocenters. The number of hydrogen-bond acceptors (Lipinski definition) is 2. The number of hydrogen-bond donors (Lipinski definition) is 1. The topological polar surface area (TPSA) is 42.0 Å². The third-order valence-electron chi connectivity index (χ3n) is 5.84. The molecule has 2 bridgehead atoms. The highest BCUT2D eigenvalue weighted by atomic mass is 19.2. The van der Waals surface area contributed by atoms with Crippen LogP contribution in [0.1, 0.15) is 42.5 Å². The Kier molecular flexibility index (Phi) is 2.98. The highest BCUT2D eigenvalue weighted by Crippen LogP contribution is 2.58. The lowest BCUT2D eigenvalue weighted by atomic mass is 9.79. The summed E-state index contributed by atoms with van der Waals surface area (Å²) in [5.41, 5.74) is -0.242. The van der Waals surface area contributed by atoms with Gasteiger partial charge >= 0.3 is 0 Å². The molecule has 5 atom stereocenters. The van der Waals surface area contributed by atoms with Gasteiger partial charge in [0, 0.05) is 12.2 Å². The van der Waals surface area contributed by atoms with Crippen molar-refractivity contribution in [2.45, 2.75) is 38.1 Å². The number of fused-ring (bicyclic) bond motifs is 5. The molecule has 3 aliphatic rings. The fraction of sp³-hybridized carbons (Fsp3) is 0.625. The van der Waals surface area contributed by atoms with Gasteiger partial charge in [0.05, 0.1) is 5.56 Å². The molecule has 4 rings (SSSR count). The first-order valence-electron chi connectivity index (χ1n) is 7.76. The van der Waals surface area contributed by atoms with E-state index in [2.05, 4.69) is 10.3 Å². The van der Waals surface area contributed by atoms with E-state index in [1.807, 2.05) is 0 Å². The maximum atomic E-state index is 13.6. The van der Waals surface area contributed by atoms with Crippen LogP contribution in [0.3, 0.4) is 0 Å². The van der Waals surface area contributed by atoms with E-state index in [9.17, 15) is 13.6 Å². The molecule has 0 radical (unpaired) electrons. The van der Waals surface area contributed by atoms with Crippen LogP contribution in [0.25, 0.3) is 0 Å². The monoisotopic (exact) mass is 292 g/mol. The lowest BCUT2D eigenvalue weighted by Crippen LogP contribution is -2.42. The zero-order valence-electron chi connectivity index (χ0n) is 11.7. The summed E-state index contributed by atoms with van der Waals surface area (Å²) in [6, 6.07) is 1.36. The highest BCUT2D eigenvalue weighted by Gasteiger charge is 2.54. The number of amides is 1. The first kappa shape index (κ1) is 13.2. The molecule has 0 spiro atoms. The summed E-state index contributed by atoms with van der Waals surface area (Å²) < 4.78 is 26.7. The average molecular weight is 292 g/mol. The van der Waals surface area contributed by atoms with Crippen LogP contribution in [-0.2, 0) is 0 Å². The summed E-state index contributed by atoms with van der Waals surface area (Å²) in [6.45, 7) is 0. The van der Waals surface area contributed by atoms with Gasteiger partial charge in [-0.1, -0.05) is 6.42 Å². The number of pyridine rings is 1. The zero-order valence-corrected chi connectivity index (χ0v) is 11.7. The van der Waals surface area contributed by atoms with Crippen molar-refractivity contribution in [2.75, 3.05) is 0 Å².